The van der Waals surface area contributed by atoms with Crippen molar-refractivity contribution in [3.05, 3.63) is 0 Å². The molecular weight excluding hydrogens is 183 g/mol. The first-order chi connectivity index (χ1) is 6.02. The van der Waals surface area contributed by atoms with Gasteiger partial charge in [0.2, 0.25) is 0 Å². The van der Waals surface area contributed by atoms with Crippen molar-refractivity contribution in [1.82, 2.24) is 0 Å². The molecular formula is C8H14F3NO. The van der Waals surface area contributed by atoms with Gasteiger partial charge in [-0.05, 0) is 12.8 Å². The molecule has 0 aromatic rings. The highest BCUT2D eigenvalue weighted by Crippen LogP contribution is 2.30. The van der Waals surface area contributed by atoms with E-state index in [1.165, 1.54) is 14.0 Å². The van der Waals surface area contributed by atoms with Crippen LogP contribution in [0.25, 0.3) is 0 Å². The summed E-state index contributed by atoms with van der Waals surface area (Å²) in [5, 5.41) is 0. The van der Waals surface area contributed by atoms with Crippen molar-refractivity contribution in [3.63, 3.8) is 0 Å². The predicted molar refractivity (Wildman–Crippen MR) is 44.8 cm³/mol. The first kappa shape index (κ1) is 12.3. The Morgan fingerprint density at radius 2 is 2.08 bits per heavy atom. The van der Waals surface area contributed by atoms with Gasteiger partial charge in [0.1, 0.15) is 0 Å². The quantitative estimate of drug-likeness (QED) is 0.490. The number of halogens is 3. The largest absolute Gasteiger partial charge is 0.487 e. The van der Waals surface area contributed by atoms with Crippen LogP contribution in [0.4, 0.5) is 13.2 Å². The van der Waals surface area contributed by atoms with Crippen molar-refractivity contribution in [3.8, 4) is 0 Å². The Labute approximate surface area is 75.8 Å². The van der Waals surface area contributed by atoms with E-state index in [4.69, 9.17) is 0 Å². The lowest BCUT2D eigenvalue weighted by Crippen LogP contribution is -2.22. The van der Waals surface area contributed by atoms with Crippen LogP contribution in [0.1, 0.15) is 19.8 Å². The molecule has 0 N–H and O–H groups in total. The van der Waals surface area contributed by atoms with Gasteiger partial charge >= 0.3 is 6.18 Å². The zero-order valence-electron chi connectivity index (χ0n) is 7.77. The zero-order chi connectivity index (χ0) is 10.3. The number of alkyl halides is 3. The van der Waals surface area contributed by atoms with E-state index >= 15 is 0 Å². The van der Waals surface area contributed by atoms with E-state index < -0.39 is 12.1 Å². The molecule has 0 radical (unpaired) electrons. The molecule has 0 bridgehead atoms. The van der Waals surface area contributed by atoms with Crippen LogP contribution in [0.3, 0.4) is 0 Å². The molecule has 0 saturated heterocycles. The molecule has 0 saturated carbocycles. The van der Waals surface area contributed by atoms with Crippen LogP contribution >= 0.6 is 0 Å². The third-order valence-electron chi connectivity index (χ3n) is 1.74. The number of rotatable bonds is 5. The highest BCUT2D eigenvalue weighted by molar-refractivity contribution is 5.45. The lowest BCUT2D eigenvalue weighted by atomic mass is 10.0. The third-order valence-corrected chi connectivity index (χ3v) is 1.74. The minimum Gasteiger partial charge on any atom is -0.487 e. The third kappa shape index (κ3) is 5.49. The SMILES string of the molecule is CCC(CCN=COC)C(F)(F)F. The topological polar surface area (TPSA) is 21.6 Å². The second-order valence-electron chi connectivity index (χ2n) is 2.68. The van der Waals surface area contributed by atoms with E-state index in [0.717, 1.165) is 6.40 Å². The first-order valence-corrected chi connectivity index (χ1v) is 4.10. The second kappa shape index (κ2) is 5.83. The highest BCUT2D eigenvalue weighted by Gasteiger charge is 2.37. The fourth-order valence-corrected chi connectivity index (χ4v) is 0.957. The van der Waals surface area contributed by atoms with Gasteiger partial charge in [0.15, 0.2) is 6.40 Å². The average Bonchev–Trinajstić information content (AvgIpc) is 2.02. The number of nitrogens with zero attached hydrogens (tertiary/aromatic N) is 1. The van der Waals surface area contributed by atoms with Gasteiger partial charge in [-0.15, -0.1) is 0 Å². The Morgan fingerprint density at radius 1 is 1.46 bits per heavy atom. The Kier molecular flexibility index (Phi) is 5.50. The summed E-state index contributed by atoms with van der Waals surface area (Å²) in [4.78, 5) is 3.64. The van der Waals surface area contributed by atoms with Crippen molar-refractivity contribution in [2.45, 2.75) is 25.9 Å². The number of ether oxygens (including phenoxy) is 1. The minimum atomic E-state index is -4.10. The Balaban J connectivity index is 3.80. The van der Waals surface area contributed by atoms with E-state index in [-0.39, 0.29) is 19.4 Å². The van der Waals surface area contributed by atoms with E-state index in [9.17, 15) is 13.2 Å². The number of hydrogen-bond donors (Lipinski definition) is 0. The molecule has 0 aliphatic rings. The zero-order valence-corrected chi connectivity index (χ0v) is 7.77. The van der Waals surface area contributed by atoms with E-state index in [2.05, 4.69) is 9.73 Å². The van der Waals surface area contributed by atoms with Gasteiger partial charge in [0, 0.05) is 6.54 Å². The fraction of sp³-hybridized carbons (Fsp3) is 0.875. The van der Waals surface area contributed by atoms with Crippen LogP contribution in [0.5, 0.6) is 0 Å². The molecule has 0 aliphatic carbocycles. The molecule has 5 heteroatoms. The molecule has 13 heavy (non-hydrogen) atoms. The van der Waals surface area contributed by atoms with Crippen molar-refractivity contribution >= 4 is 6.40 Å². The molecule has 0 rings (SSSR count). The van der Waals surface area contributed by atoms with E-state index in [0.29, 0.717) is 0 Å². The summed E-state index contributed by atoms with van der Waals surface area (Å²) in [6.07, 6.45) is -2.81. The molecule has 0 fully saturated rings. The molecule has 2 nitrogen and oxygen atoms in total. The monoisotopic (exact) mass is 197 g/mol. The summed E-state index contributed by atoms with van der Waals surface area (Å²) in [5.74, 6) is -1.25. The van der Waals surface area contributed by atoms with Crippen LogP contribution in [0, 0.1) is 5.92 Å². The van der Waals surface area contributed by atoms with Gasteiger partial charge in [-0.2, -0.15) is 13.2 Å². The van der Waals surface area contributed by atoms with Crippen LogP contribution in [-0.4, -0.2) is 26.2 Å². The summed E-state index contributed by atoms with van der Waals surface area (Å²) in [6.45, 7) is 1.68. The van der Waals surface area contributed by atoms with Gasteiger partial charge in [-0.1, -0.05) is 6.92 Å². The molecule has 1 atom stereocenters. The van der Waals surface area contributed by atoms with Crippen molar-refractivity contribution in [1.29, 1.82) is 0 Å². The van der Waals surface area contributed by atoms with Gasteiger partial charge in [0.25, 0.3) is 0 Å². The van der Waals surface area contributed by atoms with Crippen LogP contribution in [0.15, 0.2) is 4.99 Å². The van der Waals surface area contributed by atoms with Crippen LogP contribution in [0.2, 0.25) is 0 Å². The summed E-state index contributed by atoms with van der Waals surface area (Å²) < 4.78 is 40.9. The van der Waals surface area contributed by atoms with Gasteiger partial charge in [0.05, 0.1) is 13.0 Å². The maximum absolute atomic E-state index is 12.1. The maximum Gasteiger partial charge on any atom is 0.391 e. The molecule has 0 heterocycles. The second-order valence-corrected chi connectivity index (χ2v) is 2.68. The van der Waals surface area contributed by atoms with Crippen molar-refractivity contribution in [2.24, 2.45) is 10.9 Å². The number of hydrogen-bond acceptors (Lipinski definition) is 2. The van der Waals surface area contributed by atoms with Crippen molar-refractivity contribution in [2.75, 3.05) is 13.7 Å². The Morgan fingerprint density at radius 3 is 2.46 bits per heavy atom. The van der Waals surface area contributed by atoms with Gasteiger partial charge in [-0.25, -0.2) is 0 Å². The molecule has 0 aromatic carbocycles. The normalized spacial score (nSPS) is 14.8. The smallest absolute Gasteiger partial charge is 0.391 e. The lowest BCUT2D eigenvalue weighted by Gasteiger charge is -2.16. The molecule has 0 aromatic heterocycles. The summed E-state index contributed by atoms with van der Waals surface area (Å²) in [6, 6.07) is 0. The number of methoxy groups -OCH3 is 1. The number of aliphatic imine (C=N–C) groups is 1. The van der Waals surface area contributed by atoms with Crippen LogP contribution in [-0.2, 0) is 4.74 Å². The minimum absolute atomic E-state index is 0.0276. The molecule has 0 aliphatic heterocycles. The Hall–Kier alpha value is -0.740. The average molecular weight is 197 g/mol. The van der Waals surface area contributed by atoms with Gasteiger partial charge in [-0.3, -0.25) is 4.99 Å². The first-order valence-electron chi connectivity index (χ1n) is 4.10. The van der Waals surface area contributed by atoms with Gasteiger partial charge < -0.3 is 4.74 Å². The molecule has 0 amide bonds. The Bertz CT molecular complexity index is 156. The standard InChI is InChI=1S/C8H14F3NO/c1-3-7(8(9,10)11)4-5-12-6-13-2/h6-7H,3-5H2,1-2H3. The lowest BCUT2D eigenvalue weighted by molar-refractivity contribution is -0.176. The summed E-state index contributed by atoms with van der Waals surface area (Å²) in [5.41, 5.74) is 0. The fourth-order valence-electron chi connectivity index (χ4n) is 0.957. The molecule has 1 unspecified atom stereocenters. The highest BCUT2D eigenvalue weighted by atomic mass is 19.4. The van der Waals surface area contributed by atoms with E-state index in [1.807, 2.05) is 0 Å². The molecule has 78 valence electrons. The predicted octanol–water partition coefficient (Wildman–Crippen LogP) is 2.64. The summed E-state index contributed by atoms with van der Waals surface area (Å²) in [7, 11) is 1.41. The van der Waals surface area contributed by atoms with Crippen molar-refractivity contribution < 1.29 is 17.9 Å². The summed E-state index contributed by atoms with van der Waals surface area (Å²) >= 11 is 0. The molecule has 0 spiro atoms. The van der Waals surface area contributed by atoms with E-state index in [1.54, 1.807) is 0 Å². The maximum atomic E-state index is 12.1. The van der Waals surface area contributed by atoms with Crippen LogP contribution < -0.4 is 0 Å².